The van der Waals surface area contributed by atoms with Crippen LogP contribution in [-0.4, -0.2) is 24.2 Å². The molecule has 118 valence electrons. The number of fused-ring (bicyclic) bond motifs is 1. The molecule has 0 spiro atoms. The molecule has 1 aliphatic rings. The highest BCUT2D eigenvalue weighted by Crippen LogP contribution is 2.51. The molecular formula is C16H14BrN3O2S. The maximum Gasteiger partial charge on any atom is 0.278 e. The first-order chi connectivity index (χ1) is 11.2. The second kappa shape index (κ2) is 6.77. The summed E-state index contributed by atoms with van der Waals surface area (Å²) in [6.45, 7) is 0. The van der Waals surface area contributed by atoms with Crippen LogP contribution in [0.4, 0.5) is 0 Å². The standard InChI is InChI=1S/C16H14BrN3O2S/c1-21-15-16(22-2)20-12(8-19-15)14-6-11(17)10-5-9(7-18)3-4-13(10)23-14/h3-5,8,11,14H,6H2,1-2H3. The van der Waals surface area contributed by atoms with E-state index in [4.69, 9.17) is 14.7 Å². The Labute approximate surface area is 147 Å². The zero-order valence-electron chi connectivity index (χ0n) is 12.6. The first kappa shape index (κ1) is 16.1. The summed E-state index contributed by atoms with van der Waals surface area (Å²) in [5, 5.41) is 9.21. The van der Waals surface area contributed by atoms with Crippen LogP contribution in [0.15, 0.2) is 29.3 Å². The van der Waals surface area contributed by atoms with Crippen LogP contribution in [0.1, 0.15) is 33.3 Å². The van der Waals surface area contributed by atoms with Crippen LogP contribution in [0.25, 0.3) is 0 Å². The average Bonchev–Trinajstić information content (AvgIpc) is 2.60. The van der Waals surface area contributed by atoms with Crippen LogP contribution in [0.5, 0.6) is 11.8 Å². The second-order valence-corrected chi connectivity index (χ2v) is 7.34. The summed E-state index contributed by atoms with van der Waals surface area (Å²) in [7, 11) is 3.09. The molecule has 0 saturated heterocycles. The molecule has 2 aromatic rings. The Morgan fingerprint density at radius 1 is 1.30 bits per heavy atom. The highest BCUT2D eigenvalue weighted by atomic mass is 79.9. The van der Waals surface area contributed by atoms with E-state index in [1.165, 1.54) is 0 Å². The molecule has 5 nitrogen and oxygen atoms in total. The minimum Gasteiger partial charge on any atom is -0.477 e. The summed E-state index contributed by atoms with van der Waals surface area (Å²) < 4.78 is 10.4. The molecule has 0 bridgehead atoms. The largest absolute Gasteiger partial charge is 0.477 e. The zero-order valence-corrected chi connectivity index (χ0v) is 15.0. The molecule has 1 aromatic carbocycles. The van der Waals surface area contributed by atoms with Crippen molar-refractivity contribution in [2.75, 3.05) is 14.2 Å². The van der Waals surface area contributed by atoms with Gasteiger partial charge in [0.25, 0.3) is 11.8 Å². The fourth-order valence-electron chi connectivity index (χ4n) is 2.47. The van der Waals surface area contributed by atoms with E-state index >= 15 is 0 Å². The Balaban J connectivity index is 1.93. The number of thioether (sulfide) groups is 1. The molecule has 2 unspecified atom stereocenters. The normalized spacial score (nSPS) is 19.6. The van der Waals surface area contributed by atoms with Crippen molar-refractivity contribution < 1.29 is 9.47 Å². The summed E-state index contributed by atoms with van der Waals surface area (Å²) >= 11 is 5.45. The fourth-order valence-corrected chi connectivity index (χ4v) is 4.93. The molecule has 0 radical (unpaired) electrons. The number of hydrogen-bond donors (Lipinski definition) is 0. The van der Waals surface area contributed by atoms with Gasteiger partial charge in [-0.3, -0.25) is 0 Å². The summed E-state index contributed by atoms with van der Waals surface area (Å²) in [5.74, 6) is 0.772. The van der Waals surface area contributed by atoms with Gasteiger partial charge in [-0.1, -0.05) is 15.9 Å². The maximum absolute atomic E-state index is 9.05. The van der Waals surface area contributed by atoms with Gasteiger partial charge in [-0.2, -0.15) is 5.26 Å². The van der Waals surface area contributed by atoms with Gasteiger partial charge in [0.05, 0.1) is 43.0 Å². The van der Waals surface area contributed by atoms with Gasteiger partial charge >= 0.3 is 0 Å². The van der Waals surface area contributed by atoms with Gasteiger partial charge in [0.2, 0.25) is 0 Å². The van der Waals surface area contributed by atoms with Crippen molar-refractivity contribution in [1.82, 2.24) is 9.97 Å². The molecule has 0 aliphatic carbocycles. The molecule has 1 aromatic heterocycles. The van der Waals surface area contributed by atoms with E-state index < -0.39 is 0 Å². The molecule has 1 aliphatic heterocycles. The molecule has 23 heavy (non-hydrogen) atoms. The molecule has 7 heteroatoms. The fraction of sp³-hybridized carbons (Fsp3) is 0.312. The van der Waals surface area contributed by atoms with E-state index in [0.717, 1.165) is 22.6 Å². The number of nitriles is 1. The zero-order chi connectivity index (χ0) is 16.4. The smallest absolute Gasteiger partial charge is 0.278 e. The monoisotopic (exact) mass is 391 g/mol. The van der Waals surface area contributed by atoms with Crippen LogP contribution in [0.2, 0.25) is 0 Å². The molecule has 0 saturated carbocycles. The molecular weight excluding hydrogens is 378 g/mol. The number of aromatic nitrogens is 2. The van der Waals surface area contributed by atoms with Crippen LogP contribution in [0.3, 0.4) is 0 Å². The van der Waals surface area contributed by atoms with E-state index in [1.54, 1.807) is 32.2 Å². The number of halogens is 1. The van der Waals surface area contributed by atoms with E-state index in [-0.39, 0.29) is 10.1 Å². The van der Waals surface area contributed by atoms with E-state index in [0.29, 0.717) is 17.3 Å². The van der Waals surface area contributed by atoms with Crippen LogP contribution in [0, 0.1) is 11.3 Å². The molecule has 2 heterocycles. The number of rotatable bonds is 3. The van der Waals surface area contributed by atoms with Crippen molar-refractivity contribution in [2.45, 2.75) is 21.4 Å². The topological polar surface area (TPSA) is 68.0 Å². The molecule has 0 N–H and O–H groups in total. The lowest BCUT2D eigenvalue weighted by Crippen LogP contribution is -2.10. The van der Waals surface area contributed by atoms with Gasteiger partial charge in [-0.05, 0) is 30.2 Å². The van der Waals surface area contributed by atoms with Crippen molar-refractivity contribution in [3.63, 3.8) is 0 Å². The maximum atomic E-state index is 9.05. The average molecular weight is 392 g/mol. The Hall–Kier alpha value is -1.78. The summed E-state index contributed by atoms with van der Waals surface area (Å²) in [6, 6.07) is 7.96. The number of methoxy groups -OCH3 is 2. The van der Waals surface area contributed by atoms with Crippen molar-refractivity contribution in [1.29, 1.82) is 5.26 Å². The predicted molar refractivity (Wildman–Crippen MR) is 91.2 cm³/mol. The van der Waals surface area contributed by atoms with Crippen LogP contribution < -0.4 is 9.47 Å². The van der Waals surface area contributed by atoms with Crippen molar-refractivity contribution >= 4 is 27.7 Å². The third kappa shape index (κ3) is 3.14. The highest BCUT2D eigenvalue weighted by Gasteiger charge is 2.29. The van der Waals surface area contributed by atoms with Gasteiger partial charge in [-0.25, -0.2) is 9.97 Å². The Morgan fingerprint density at radius 2 is 2.09 bits per heavy atom. The van der Waals surface area contributed by atoms with Gasteiger partial charge < -0.3 is 9.47 Å². The van der Waals surface area contributed by atoms with Gasteiger partial charge in [0.1, 0.15) is 0 Å². The molecule has 0 amide bonds. The lowest BCUT2D eigenvalue weighted by atomic mass is 10.0. The number of alkyl halides is 1. The lowest BCUT2D eigenvalue weighted by Gasteiger charge is -2.27. The first-order valence-corrected chi connectivity index (χ1v) is 8.75. The lowest BCUT2D eigenvalue weighted by molar-refractivity contribution is 0.330. The summed E-state index contributed by atoms with van der Waals surface area (Å²) in [5.41, 5.74) is 2.68. The first-order valence-electron chi connectivity index (χ1n) is 6.96. The van der Waals surface area contributed by atoms with Gasteiger partial charge in [0, 0.05) is 9.72 Å². The Kier molecular flexibility index (Phi) is 4.74. The molecule has 2 atom stereocenters. The molecule has 3 rings (SSSR count). The minimum atomic E-state index is 0.159. The third-order valence-electron chi connectivity index (χ3n) is 3.61. The quantitative estimate of drug-likeness (QED) is 0.735. The van der Waals surface area contributed by atoms with Gasteiger partial charge in [-0.15, -0.1) is 11.8 Å². The second-order valence-electron chi connectivity index (χ2n) is 4.99. The van der Waals surface area contributed by atoms with Gasteiger partial charge in [0.15, 0.2) is 0 Å². The minimum absolute atomic E-state index is 0.159. The van der Waals surface area contributed by atoms with Crippen molar-refractivity contribution in [3.8, 4) is 17.8 Å². The Bertz CT molecular complexity index is 778. The van der Waals surface area contributed by atoms with Crippen LogP contribution in [-0.2, 0) is 0 Å². The van der Waals surface area contributed by atoms with E-state index in [9.17, 15) is 0 Å². The van der Waals surface area contributed by atoms with Crippen LogP contribution >= 0.6 is 27.7 Å². The van der Waals surface area contributed by atoms with Crippen molar-refractivity contribution in [3.05, 3.63) is 41.2 Å². The number of nitrogens with zero attached hydrogens (tertiary/aromatic N) is 3. The number of hydrogen-bond acceptors (Lipinski definition) is 6. The summed E-state index contributed by atoms with van der Waals surface area (Å²) in [4.78, 5) is 10.1. The number of ether oxygens (including phenoxy) is 2. The Morgan fingerprint density at radius 3 is 2.78 bits per heavy atom. The van der Waals surface area contributed by atoms with E-state index in [1.807, 2.05) is 18.2 Å². The summed E-state index contributed by atoms with van der Waals surface area (Å²) in [6.07, 6.45) is 2.59. The number of benzene rings is 1. The van der Waals surface area contributed by atoms with E-state index in [2.05, 4.69) is 32.0 Å². The SMILES string of the molecule is COc1ncc(C2CC(Br)c3cc(C#N)ccc3S2)nc1OC. The molecule has 0 fully saturated rings. The highest BCUT2D eigenvalue weighted by molar-refractivity contribution is 9.09. The van der Waals surface area contributed by atoms with Crippen molar-refractivity contribution in [2.24, 2.45) is 0 Å². The predicted octanol–water partition coefficient (Wildman–Crippen LogP) is 4.04. The third-order valence-corrected chi connectivity index (χ3v) is 5.82.